The van der Waals surface area contributed by atoms with Crippen LogP contribution >= 0.6 is 0 Å². The van der Waals surface area contributed by atoms with Gasteiger partial charge in [-0.15, -0.1) is 0 Å². The summed E-state index contributed by atoms with van der Waals surface area (Å²) < 4.78 is 0. The van der Waals surface area contributed by atoms with Crippen LogP contribution in [0.2, 0.25) is 0 Å². The van der Waals surface area contributed by atoms with Crippen molar-refractivity contribution in [2.75, 3.05) is 0 Å². The van der Waals surface area contributed by atoms with Crippen molar-refractivity contribution in [2.45, 2.75) is 19.3 Å². The van der Waals surface area contributed by atoms with E-state index >= 15 is 0 Å². The van der Waals surface area contributed by atoms with E-state index in [1.54, 1.807) is 0 Å². The molecular formula is C7H10. The second-order valence-corrected chi connectivity index (χ2v) is 2.06. The van der Waals surface area contributed by atoms with Gasteiger partial charge in [0.15, 0.2) is 0 Å². The van der Waals surface area contributed by atoms with Gasteiger partial charge in [-0.3, -0.25) is 0 Å². The molecule has 0 heterocycles. The number of hydrogen-bond donors (Lipinski definition) is 0. The molecule has 1 fully saturated rings. The third-order valence-corrected chi connectivity index (χ3v) is 1.46. The second-order valence-electron chi connectivity index (χ2n) is 2.06. The summed E-state index contributed by atoms with van der Waals surface area (Å²) in [5.41, 5.74) is 2.53. The zero-order valence-electron chi connectivity index (χ0n) is 4.54. The second kappa shape index (κ2) is 1.53. The molecule has 0 saturated heterocycles. The highest BCUT2D eigenvalue weighted by Gasteiger charge is 2.06. The van der Waals surface area contributed by atoms with E-state index in [4.69, 9.17) is 0 Å². The third kappa shape index (κ3) is 0.738. The lowest BCUT2D eigenvalue weighted by atomic mass is 10.2. The van der Waals surface area contributed by atoms with Crippen LogP contribution in [-0.4, -0.2) is 0 Å². The molecule has 1 saturated carbocycles. The molecule has 0 nitrogen and oxygen atoms in total. The van der Waals surface area contributed by atoms with Crippen LogP contribution in [0.4, 0.5) is 0 Å². The fourth-order valence-electron chi connectivity index (χ4n) is 0.869. The van der Waals surface area contributed by atoms with E-state index in [0.29, 0.717) is 0 Å². The molecule has 0 bridgehead atoms. The molecule has 0 unspecified atom stereocenters. The molecule has 0 aromatic heterocycles. The van der Waals surface area contributed by atoms with Crippen molar-refractivity contribution < 1.29 is 0 Å². The summed E-state index contributed by atoms with van der Waals surface area (Å²) in [5.74, 6) is 0. The number of rotatable bonds is 0. The number of allylic oxidation sites excluding steroid dienone is 2. The van der Waals surface area contributed by atoms with Gasteiger partial charge in [0, 0.05) is 0 Å². The first-order chi connectivity index (χ1) is 3.30. The van der Waals surface area contributed by atoms with Crippen LogP contribution in [0.1, 0.15) is 19.3 Å². The van der Waals surface area contributed by atoms with Crippen molar-refractivity contribution in [1.29, 1.82) is 0 Å². The predicted molar refractivity (Wildman–Crippen MR) is 32.1 cm³/mol. The van der Waals surface area contributed by atoms with Crippen LogP contribution < -0.4 is 0 Å². The van der Waals surface area contributed by atoms with Crippen molar-refractivity contribution in [3.63, 3.8) is 0 Å². The molecule has 0 aromatic carbocycles. The Balaban J connectivity index is 2.65. The van der Waals surface area contributed by atoms with Gasteiger partial charge in [0.25, 0.3) is 0 Å². The largest absolute Gasteiger partial charge is 0.0956 e. The molecule has 0 aromatic rings. The van der Waals surface area contributed by atoms with E-state index in [2.05, 4.69) is 13.2 Å². The molecule has 0 spiro atoms. The molecule has 0 heteroatoms. The topological polar surface area (TPSA) is 0 Å². The SMILES string of the molecule is C=C1CCCC1=C. The quantitative estimate of drug-likeness (QED) is 0.432. The Hall–Kier alpha value is -0.520. The minimum atomic E-state index is 1.18. The van der Waals surface area contributed by atoms with Gasteiger partial charge in [0.1, 0.15) is 0 Å². The highest BCUT2D eigenvalue weighted by molar-refractivity contribution is 5.28. The Bertz CT molecular complexity index is 95.2. The van der Waals surface area contributed by atoms with Crippen LogP contribution in [-0.2, 0) is 0 Å². The van der Waals surface area contributed by atoms with E-state index in [1.807, 2.05) is 0 Å². The molecule has 0 amide bonds. The van der Waals surface area contributed by atoms with E-state index in [0.717, 1.165) is 0 Å². The fourth-order valence-corrected chi connectivity index (χ4v) is 0.869. The maximum absolute atomic E-state index is 3.84. The van der Waals surface area contributed by atoms with E-state index in [-0.39, 0.29) is 0 Å². The molecule has 0 atom stereocenters. The van der Waals surface area contributed by atoms with Crippen LogP contribution in [0.25, 0.3) is 0 Å². The van der Waals surface area contributed by atoms with Crippen molar-refractivity contribution in [3.8, 4) is 0 Å². The summed E-state index contributed by atoms with van der Waals surface area (Å²) in [5, 5.41) is 0. The van der Waals surface area contributed by atoms with Crippen LogP contribution in [0.3, 0.4) is 0 Å². The van der Waals surface area contributed by atoms with Gasteiger partial charge in [0.2, 0.25) is 0 Å². The van der Waals surface area contributed by atoms with Crippen molar-refractivity contribution in [1.82, 2.24) is 0 Å². The summed E-state index contributed by atoms with van der Waals surface area (Å²) in [6.07, 6.45) is 3.63. The molecule has 7 heavy (non-hydrogen) atoms. The highest BCUT2D eigenvalue weighted by Crippen LogP contribution is 2.26. The van der Waals surface area contributed by atoms with Gasteiger partial charge in [0.05, 0.1) is 0 Å². The standard InChI is InChI=1S/C7H10/c1-6-4-3-5-7(6)2/h1-5H2. The average Bonchev–Trinajstić information content (AvgIpc) is 1.91. The number of hydrogen-bond acceptors (Lipinski definition) is 0. The molecule has 1 aliphatic carbocycles. The molecule has 0 N–H and O–H groups in total. The van der Waals surface area contributed by atoms with Gasteiger partial charge in [-0.05, 0) is 19.3 Å². The summed E-state index contributed by atoms with van der Waals surface area (Å²) in [7, 11) is 0. The van der Waals surface area contributed by atoms with Gasteiger partial charge in [-0.2, -0.15) is 0 Å². The summed E-state index contributed by atoms with van der Waals surface area (Å²) in [6.45, 7) is 7.67. The molecule has 38 valence electrons. The maximum Gasteiger partial charge on any atom is -0.0279 e. The molecule has 0 aliphatic heterocycles. The fraction of sp³-hybridized carbons (Fsp3) is 0.429. The minimum Gasteiger partial charge on any atom is -0.0956 e. The smallest absolute Gasteiger partial charge is 0.0279 e. The average molecular weight is 94.2 g/mol. The van der Waals surface area contributed by atoms with E-state index in [1.165, 1.54) is 30.4 Å². The van der Waals surface area contributed by atoms with E-state index in [9.17, 15) is 0 Å². The summed E-state index contributed by atoms with van der Waals surface area (Å²) in [4.78, 5) is 0. The first-order valence-corrected chi connectivity index (χ1v) is 2.66. The Kier molecular flexibility index (Phi) is 1.01. The minimum absolute atomic E-state index is 1.18. The van der Waals surface area contributed by atoms with Crippen molar-refractivity contribution >= 4 is 0 Å². The van der Waals surface area contributed by atoms with Gasteiger partial charge in [-0.1, -0.05) is 24.3 Å². The lowest BCUT2D eigenvalue weighted by Crippen LogP contribution is -1.67. The molecule has 1 rings (SSSR count). The first-order valence-electron chi connectivity index (χ1n) is 2.66. The lowest BCUT2D eigenvalue weighted by molar-refractivity contribution is 0.934. The van der Waals surface area contributed by atoms with Crippen LogP contribution in [0.5, 0.6) is 0 Å². The summed E-state index contributed by atoms with van der Waals surface area (Å²) >= 11 is 0. The molecule has 0 radical (unpaired) electrons. The van der Waals surface area contributed by atoms with E-state index < -0.39 is 0 Å². The van der Waals surface area contributed by atoms with Crippen LogP contribution in [0, 0.1) is 0 Å². The van der Waals surface area contributed by atoms with Gasteiger partial charge >= 0.3 is 0 Å². The lowest BCUT2D eigenvalue weighted by Gasteiger charge is -1.87. The molecular weight excluding hydrogens is 84.1 g/mol. The van der Waals surface area contributed by atoms with Crippen LogP contribution in [0.15, 0.2) is 24.3 Å². The summed E-state index contributed by atoms with van der Waals surface area (Å²) in [6, 6.07) is 0. The zero-order valence-corrected chi connectivity index (χ0v) is 4.54. The third-order valence-electron chi connectivity index (χ3n) is 1.46. The monoisotopic (exact) mass is 94.1 g/mol. The van der Waals surface area contributed by atoms with Gasteiger partial charge < -0.3 is 0 Å². The predicted octanol–water partition coefficient (Wildman–Crippen LogP) is 2.28. The highest BCUT2D eigenvalue weighted by atomic mass is 14.1. The zero-order chi connectivity index (χ0) is 5.28. The van der Waals surface area contributed by atoms with Crippen molar-refractivity contribution in [3.05, 3.63) is 24.3 Å². The van der Waals surface area contributed by atoms with Crippen molar-refractivity contribution in [2.24, 2.45) is 0 Å². The Labute approximate surface area is 44.5 Å². The Morgan fingerprint density at radius 1 is 1.00 bits per heavy atom. The maximum atomic E-state index is 3.84. The normalized spacial score (nSPS) is 21.1. The van der Waals surface area contributed by atoms with Gasteiger partial charge in [-0.25, -0.2) is 0 Å². The first kappa shape index (κ1) is 4.63. The molecule has 1 aliphatic rings. The Morgan fingerprint density at radius 2 is 1.43 bits per heavy atom. The Morgan fingerprint density at radius 3 is 1.57 bits per heavy atom.